The van der Waals surface area contributed by atoms with Crippen molar-refractivity contribution in [3.05, 3.63) is 0 Å². The lowest BCUT2D eigenvalue weighted by Gasteiger charge is -2.10. The van der Waals surface area contributed by atoms with Crippen LogP contribution < -0.4 is 0 Å². The van der Waals surface area contributed by atoms with Gasteiger partial charge in [0.25, 0.3) is 0 Å². The number of carbonyl (C=O) groups is 1. The van der Waals surface area contributed by atoms with Crippen LogP contribution in [0.1, 0.15) is 110 Å². The van der Waals surface area contributed by atoms with E-state index in [1.807, 2.05) is 14.1 Å². The van der Waals surface area contributed by atoms with Crippen LogP contribution in [0.15, 0.2) is 0 Å². The van der Waals surface area contributed by atoms with E-state index in [1.165, 1.54) is 83.5 Å². The summed E-state index contributed by atoms with van der Waals surface area (Å²) in [5.74, 6) is -0.107. The summed E-state index contributed by atoms with van der Waals surface area (Å²) in [4.78, 5) is 13.8. The minimum absolute atomic E-state index is 0.107. The van der Waals surface area contributed by atoms with Crippen LogP contribution in [0.25, 0.3) is 0 Å². The van der Waals surface area contributed by atoms with Gasteiger partial charge in [0.15, 0.2) is 0 Å². The molecular formula is C28H57NO5. The lowest BCUT2D eigenvalue weighted by Crippen LogP contribution is -2.19. The highest BCUT2D eigenvalue weighted by Gasteiger charge is 2.02. The van der Waals surface area contributed by atoms with E-state index >= 15 is 0 Å². The topological polar surface area (TPSA) is 57.2 Å². The first-order valence-electron chi connectivity index (χ1n) is 14.2. The number of ether oxygens (including phenoxy) is 4. The zero-order chi connectivity index (χ0) is 25.0. The van der Waals surface area contributed by atoms with Gasteiger partial charge in [-0.1, -0.05) is 96.8 Å². The van der Waals surface area contributed by atoms with Gasteiger partial charge in [0.2, 0.25) is 0 Å². The minimum Gasteiger partial charge on any atom is -0.463 e. The summed E-state index contributed by atoms with van der Waals surface area (Å²) in [6.45, 7) is 6.88. The van der Waals surface area contributed by atoms with E-state index in [9.17, 15) is 4.79 Å². The monoisotopic (exact) mass is 487 g/mol. The SMILES string of the molecule is CCCCCCCCCCCCCCCCCC(=O)OCCOCCOCCOCCN(C)C. The summed E-state index contributed by atoms with van der Waals surface area (Å²) in [5, 5.41) is 0. The molecular weight excluding hydrogens is 430 g/mol. The van der Waals surface area contributed by atoms with Gasteiger partial charge in [-0.25, -0.2) is 0 Å². The molecule has 0 atom stereocenters. The van der Waals surface area contributed by atoms with Crippen LogP contribution in [0, 0.1) is 0 Å². The molecule has 0 rings (SSSR count). The average Bonchev–Trinajstić information content (AvgIpc) is 2.82. The predicted molar refractivity (Wildman–Crippen MR) is 142 cm³/mol. The number of hydrogen-bond donors (Lipinski definition) is 0. The molecule has 0 spiro atoms. The van der Waals surface area contributed by atoms with Crippen molar-refractivity contribution in [3.8, 4) is 0 Å². The Labute approximate surface area is 211 Å². The number of esters is 1. The van der Waals surface area contributed by atoms with Gasteiger partial charge < -0.3 is 23.8 Å². The third-order valence-corrected chi connectivity index (χ3v) is 5.90. The van der Waals surface area contributed by atoms with Crippen LogP contribution in [0.2, 0.25) is 0 Å². The van der Waals surface area contributed by atoms with Crippen LogP contribution in [0.3, 0.4) is 0 Å². The van der Waals surface area contributed by atoms with Crippen molar-refractivity contribution in [3.63, 3.8) is 0 Å². The summed E-state index contributed by atoms with van der Waals surface area (Å²) in [6.07, 6.45) is 20.5. The Hall–Kier alpha value is -0.690. The average molecular weight is 488 g/mol. The molecule has 0 radical (unpaired) electrons. The van der Waals surface area contributed by atoms with Crippen LogP contribution in [-0.2, 0) is 23.7 Å². The van der Waals surface area contributed by atoms with E-state index in [4.69, 9.17) is 18.9 Å². The molecule has 6 nitrogen and oxygen atoms in total. The smallest absolute Gasteiger partial charge is 0.305 e. The predicted octanol–water partition coefficient (Wildman–Crippen LogP) is 6.40. The molecule has 0 bridgehead atoms. The van der Waals surface area contributed by atoms with E-state index in [0.717, 1.165) is 26.0 Å². The molecule has 0 saturated carbocycles. The van der Waals surface area contributed by atoms with Crippen molar-refractivity contribution in [1.29, 1.82) is 0 Å². The van der Waals surface area contributed by atoms with Gasteiger partial charge in [-0.05, 0) is 20.5 Å². The van der Waals surface area contributed by atoms with Crippen molar-refractivity contribution >= 4 is 5.97 Å². The van der Waals surface area contributed by atoms with Gasteiger partial charge in [0.05, 0.1) is 39.6 Å². The third kappa shape index (κ3) is 29.3. The lowest BCUT2D eigenvalue weighted by molar-refractivity contribution is -0.145. The summed E-state index contributed by atoms with van der Waals surface area (Å²) in [7, 11) is 4.05. The summed E-state index contributed by atoms with van der Waals surface area (Å²) >= 11 is 0. The minimum atomic E-state index is -0.107. The van der Waals surface area contributed by atoms with Crippen LogP contribution >= 0.6 is 0 Å². The highest BCUT2D eigenvalue weighted by molar-refractivity contribution is 5.69. The molecule has 0 unspecified atom stereocenters. The lowest BCUT2D eigenvalue weighted by atomic mass is 10.0. The molecule has 0 aromatic heterocycles. The molecule has 0 aliphatic rings. The molecule has 0 aliphatic heterocycles. The summed E-state index contributed by atoms with van der Waals surface area (Å²) in [5.41, 5.74) is 0. The Bertz CT molecular complexity index is 406. The van der Waals surface area contributed by atoms with E-state index in [0.29, 0.717) is 46.1 Å². The zero-order valence-corrected chi connectivity index (χ0v) is 23.0. The fraction of sp³-hybridized carbons (Fsp3) is 0.964. The van der Waals surface area contributed by atoms with Crippen molar-refractivity contribution in [1.82, 2.24) is 4.90 Å². The Morgan fingerprint density at radius 3 is 1.35 bits per heavy atom. The first-order valence-corrected chi connectivity index (χ1v) is 14.2. The molecule has 204 valence electrons. The maximum atomic E-state index is 11.8. The van der Waals surface area contributed by atoms with E-state index in [1.54, 1.807) is 0 Å². The molecule has 34 heavy (non-hydrogen) atoms. The molecule has 6 heteroatoms. The molecule has 0 aromatic rings. The second-order valence-electron chi connectivity index (χ2n) is 9.56. The van der Waals surface area contributed by atoms with E-state index in [2.05, 4.69) is 11.8 Å². The van der Waals surface area contributed by atoms with Crippen molar-refractivity contribution in [2.45, 2.75) is 110 Å². The maximum Gasteiger partial charge on any atom is 0.305 e. The highest BCUT2D eigenvalue weighted by Crippen LogP contribution is 2.13. The largest absolute Gasteiger partial charge is 0.463 e. The molecule has 0 fully saturated rings. The fourth-order valence-corrected chi connectivity index (χ4v) is 3.72. The van der Waals surface area contributed by atoms with Gasteiger partial charge in [-0.15, -0.1) is 0 Å². The van der Waals surface area contributed by atoms with Gasteiger partial charge in [-0.2, -0.15) is 0 Å². The standard InChI is InChI=1S/C28H57NO5/c1-4-5-6-7-8-9-10-11-12-13-14-15-16-17-18-19-28(30)34-27-26-33-25-24-32-23-22-31-21-20-29(2)3/h4-27H2,1-3H3. The van der Waals surface area contributed by atoms with Crippen LogP contribution in [0.4, 0.5) is 0 Å². The summed E-state index contributed by atoms with van der Waals surface area (Å²) in [6, 6.07) is 0. The van der Waals surface area contributed by atoms with Gasteiger partial charge in [0.1, 0.15) is 6.61 Å². The number of carbonyl (C=O) groups excluding carboxylic acids is 1. The summed E-state index contributed by atoms with van der Waals surface area (Å²) < 4.78 is 21.5. The molecule has 0 aromatic carbocycles. The van der Waals surface area contributed by atoms with Gasteiger partial charge in [-0.3, -0.25) is 4.79 Å². The molecule has 0 aliphatic carbocycles. The van der Waals surface area contributed by atoms with E-state index in [-0.39, 0.29) is 5.97 Å². The first kappa shape index (κ1) is 33.3. The molecule has 0 heterocycles. The molecule has 0 saturated heterocycles. The van der Waals surface area contributed by atoms with Crippen molar-refractivity contribution < 1.29 is 23.7 Å². The normalized spacial score (nSPS) is 11.4. The second-order valence-corrected chi connectivity index (χ2v) is 9.56. The number of likely N-dealkylation sites (N-methyl/N-ethyl adjacent to an activating group) is 1. The first-order chi connectivity index (χ1) is 16.7. The quantitative estimate of drug-likeness (QED) is 0.0940. The Kier molecular flexibility index (Phi) is 28.0. The third-order valence-electron chi connectivity index (χ3n) is 5.90. The van der Waals surface area contributed by atoms with Crippen LogP contribution in [0.5, 0.6) is 0 Å². The molecule has 0 amide bonds. The Morgan fingerprint density at radius 1 is 0.529 bits per heavy atom. The number of nitrogens with zero attached hydrogens (tertiary/aromatic N) is 1. The maximum absolute atomic E-state index is 11.8. The number of rotatable bonds is 28. The van der Waals surface area contributed by atoms with Gasteiger partial charge >= 0.3 is 5.97 Å². The van der Waals surface area contributed by atoms with Gasteiger partial charge in [0, 0.05) is 13.0 Å². The number of unbranched alkanes of at least 4 members (excludes halogenated alkanes) is 14. The van der Waals surface area contributed by atoms with E-state index < -0.39 is 0 Å². The molecule has 0 N–H and O–H groups in total. The second kappa shape index (κ2) is 28.5. The Morgan fingerprint density at radius 2 is 0.912 bits per heavy atom. The van der Waals surface area contributed by atoms with Crippen molar-refractivity contribution in [2.24, 2.45) is 0 Å². The fourth-order valence-electron chi connectivity index (χ4n) is 3.72. The zero-order valence-electron chi connectivity index (χ0n) is 23.0. The van der Waals surface area contributed by atoms with Crippen molar-refractivity contribution in [2.75, 3.05) is 66.9 Å². The highest BCUT2D eigenvalue weighted by atomic mass is 16.6. The van der Waals surface area contributed by atoms with Crippen LogP contribution in [-0.4, -0.2) is 77.8 Å². The number of hydrogen-bond acceptors (Lipinski definition) is 6. The Balaban J connectivity index is 3.15.